The lowest BCUT2D eigenvalue weighted by Gasteiger charge is -2.35. The normalized spacial score (nSPS) is 15.6. The van der Waals surface area contributed by atoms with E-state index in [1.807, 2.05) is 0 Å². The first-order valence-corrected chi connectivity index (χ1v) is 12.7. The number of carbonyl (C=O) groups excluding carboxylic acids is 3. The summed E-state index contributed by atoms with van der Waals surface area (Å²) in [6.45, 7) is 3.41. The second kappa shape index (κ2) is 11.3. The highest BCUT2D eigenvalue weighted by Gasteiger charge is 2.39. The molecule has 0 aliphatic carbocycles. The topological polar surface area (TPSA) is 146 Å². The van der Waals surface area contributed by atoms with Crippen molar-refractivity contribution in [1.29, 1.82) is 0 Å². The molecular formula is C30H26O12. The highest BCUT2D eigenvalue weighted by Crippen LogP contribution is 2.51. The number of para-hydroxylation sites is 1. The van der Waals surface area contributed by atoms with Gasteiger partial charge in [-0.1, -0.05) is 12.1 Å². The van der Waals surface area contributed by atoms with Crippen molar-refractivity contribution in [3.8, 4) is 34.5 Å². The number of esters is 3. The second-order valence-corrected chi connectivity index (χ2v) is 9.28. The molecule has 0 saturated heterocycles. The Morgan fingerprint density at radius 1 is 0.786 bits per heavy atom. The molecule has 0 saturated carbocycles. The first-order valence-electron chi connectivity index (χ1n) is 12.7. The van der Waals surface area contributed by atoms with Crippen molar-refractivity contribution >= 4 is 39.8 Å². The fraction of sp³-hybridized carbons (Fsp3) is 0.267. The van der Waals surface area contributed by atoms with E-state index in [0.717, 1.165) is 0 Å². The predicted molar refractivity (Wildman–Crippen MR) is 147 cm³/mol. The number of ether oxygens (including phenoxy) is 7. The van der Waals surface area contributed by atoms with Crippen molar-refractivity contribution in [3.05, 3.63) is 58.3 Å². The molecule has 3 aromatic carbocycles. The fourth-order valence-electron chi connectivity index (χ4n) is 4.65. The van der Waals surface area contributed by atoms with Gasteiger partial charge in [0, 0.05) is 32.4 Å². The van der Waals surface area contributed by atoms with E-state index in [0.29, 0.717) is 16.5 Å². The van der Waals surface area contributed by atoms with Crippen LogP contribution in [0.25, 0.3) is 21.9 Å². The Kier molecular flexibility index (Phi) is 7.62. The Hall–Kier alpha value is -5.26. The molecular weight excluding hydrogens is 552 g/mol. The number of fused-ring (bicyclic) bond motifs is 4. The minimum atomic E-state index is -1.01. The van der Waals surface area contributed by atoms with Crippen LogP contribution in [0.1, 0.15) is 32.4 Å². The summed E-state index contributed by atoms with van der Waals surface area (Å²) in [6.07, 6.45) is -2.01. The van der Waals surface area contributed by atoms with Gasteiger partial charge < -0.3 is 37.6 Å². The van der Waals surface area contributed by atoms with Gasteiger partial charge in [-0.15, -0.1) is 0 Å². The first-order chi connectivity index (χ1) is 20.1. The lowest BCUT2D eigenvalue weighted by molar-refractivity contribution is -0.146. The van der Waals surface area contributed by atoms with Crippen LogP contribution in [0.15, 0.2) is 51.7 Å². The summed E-state index contributed by atoms with van der Waals surface area (Å²) >= 11 is 0. The summed E-state index contributed by atoms with van der Waals surface area (Å²) in [5, 5.41) is 0.405. The molecule has 218 valence electrons. The highest BCUT2D eigenvalue weighted by atomic mass is 16.6. The zero-order valence-corrected chi connectivity index (χ0v) is 23.3. The van der Waals surface area contributed by atoms with Gasteiger partial charge in [-0.2, -0.15) is 0 Å². The Balaban J connectivity index is 1.74. The van der Waals surface area contributed by atoms with Gasteiger partial charge in [-0.25, -0.2) is 0 Å². The maximum Gasteiger partial charge on any atom is 0.308 e. The van der Waals surface area contributed by atoms with Gasteiger partial charge in [0.15, 0.2) is 35.0 Å². The standard InChI is InChI=1S/C30H26O12/c1-14(31)37-13-24-26(17-10-21(35-4)28(39-16(3)33)22(11-17)36-5)42-29-23(38-15(2)32)12-19-25(34)18-8-6-7-9-20(18)40-27(19)30(29)41-24/h6-12,24,26H,13H2,1-5H3/t24-,26-/m0/s1. The quantitative estimate of drug-likeness (QED) is 0.175. The number of benzene rings is 3. The molecule has 42 heavy (non-hydrogen) atoms. The van der Waals surface area contributed by atoms with Crippen LogP contribution in [-0.4, -0.2) is 44.8 Å². The van der Waals surface area contributed by atoms with Gasteiger partial charge in [0.05, 0.1) is 25.0 Å². The molecule has 0 N–H and O–H groups in total. The minimum Gasteiger partial charge on any atom is -0.493 e. The van der Waals surface area contributed by atoms with Gasteiger partial charge in [0.2, 0.25) is 22.7 Å². The summed E-state index contributed by atoms with van der Waals surface area (Å²) < 4.78 is 45.7. The minimum absolute atomic E-state index is 0.0181. The van der Waals surface area contributed by atoms with E-state index in [2.05, 4.69) is 0 Å². The number of carbonyl (C=O) groups is 3. The van der Waals surface area contributed by atoms with Crippen LogP contribution in [-0.2, 0) is 19.1 Å². The van der Waals surface area contributed by atoms with Crippen LogP contribution in [0.4, 0.5) is 0 Å². The molecule has 12 nitrogen and oxygen atoms in total. The van der Waals surface area contributed by atoms with Crippen molar-refractivity contribution in [2.45, 2.75) is 33.0 Å². The summed E-state index contributed by atoms with van der Waals surface area (Å²) in [4.78, 5) is 49.0. The van der Waals surface area contributed by atoms with Crippen molar-refractivity contribution in [2.24, 2.45) is 0 Å². The third kappa shape index (κ3) is 5.26. The van der Waals surface area contributed by atoms with Crippen LogP contribution < -0.4 is 33.8 Å². The van der Waals surface area contributed by atoms with Crippen molar-refractivity contribution in [3.63, 3.8) is 0 Å². The zero-order chi connectivity index (χ0) is 30.1. The predicted octanol–water partition coefficient (Wildman–Crippen LogP) is 4.26. The smallest absolute Gasteiger partial charge is 0.308 e. The van der Waals surface area contributed by atoms with Crippen LogP contribution >= 0.6 is 0 Å². The van der Waals surface area contributed by atoms with Crippen LogP contribution in [0.5, 0.6) is 34.5 Å². The second-order valence-electron chi connectivity index (χ2n) is 9.28. The molecule has 5 rings (SSSR count). The first kappa shape index (κ1) is 28.3. The van der Waals surface area contributed by atoms with E-state index in [-0.39, 0.29) is 57.5 Å². The number of rotatable bonds is 7. The van der Waals surface area contributed by atoms with Gasteiger partial charge in [-0.05, 0) is 24.3 Å². The summed E-state index contributed by atoms with van der Waals surface area (Å²) in [5.74, 6) is -1.61. The molecule has 1 aromatic heterocycles. The SMILES string of the molecule is COc1cc([C@@H]2Oc3c(OC(C)=O)cc4c(=O)c5ccccc5oc4c3O[C@H]2COC(C)=O)cc(OC)c1OC(C)=O. The Bertz CT molecular complexity index is 1760. The molecule has 2 atom stereocenters. The van der Waals surface area contributed by atoms with E-state index in [4.69, 9.17) is 37.6 Å². The maximum absolute atomic E-state index is 13.4. The third-order valence-corrected chi connectivity index (χ3v) is 6.36. The average molecular weight is 579 g/mol. The lowest BCUT2D eigenvalue weighted by atomic mass is 10.0. The molecule has 0 spiro atoms. The molecule has 0 fully saturated rings. The lowest BCUT2D eigenvalue weighted by Crippen LogP contribution is -2.38. The highest BCUT2D eigenvalue weighted by molar-refractivity contribution is 5.96. The third-order valence-electron chi connectivity index (χ3n) is 6.36. The molecule has 0 radical (unpaired) electrons. The fourth-order valence-corrected chi connectivity index (χ4v) is 4.65. The number of hydrogen-bond donors (Lipinski definition) is 0. The van der Waals surface area contributed by atoms with Crippen molar-refractivity contribution < 1.29 is 52.0 Å². The summed E-state index contributed by atoms with van der Waals surface area (Å²) in [7, 11) is 2.76. The van der Waals surface area contributed by atoms with Crippen LogP contribution in [0.2, 0.25) is 0 Å². The summed E-state index contributed by atoms with van der Waals surface area (Å²) in [5.41, 5.74) is 0.392. The van der Waals surface area contributed by atoms with Crippen molar-refractivity contribution in [2.75, 3.05) is 20.8 Å². The Morgan fingerprint density at radius 3 is 2.07 bits per heavy atom. The van der Waals surface area contributed by atoms with E-state index >= 15 is 0 Å². The molecule has 12 heteroatoms. The van der Waals surface area contributed by atoms with Gasteiger partial charge in [0.1, 0.15) is 12.2 Å². The van der Waals surface area contributed by atoms with Crippen LogP contribution in [0.3, 0.4) is 0 Å². The van der Waals surface area contributed by atoms with Gasteiger partial charge >= 0.3 is 17.9 Å². The molecule has 0 unspecified atom stereocenters. The summed E-state index contributed by atoms with van der Waals surface area (Å²) in [6, 6.07) is 11.1. The molecule has 2 heterocycles. The number of methoxy groups -OCH3 is 2. The largest absolute Gasteiger partial charge is 0.493 e. The average Bonchev–Trinajstić information content (AvgIpc) is 2.96. The maximum atomic E-state index is 13.4. The van der Waals surface area contributed by atoms with E-state index < -0.39 is 30.1 Å². The number of hydrogen-bond acceptors (Lipinski definition) is 12. The molecule has 0 bridgehead atoms. The van der Waals surface area contributed by atoms with E-state index in [1.54, 1.807) is 36.4 Å². The van der Waals surface area contributed by atoms with E-state index in [1.165, 1.54) is 41.1 Å². The van der Waals surface area contributed by atoms with E-state index in [9.17, 15) is 19.2 Å². The Morgan fingerprint density at radius 2 is 1.45 bits per heavy atom. The molecule has 4 aromatic rings. The van der Waals surface area contributed by atoms with Gasteiger partial charge in [0.25, 0.3) is 0 Å². The van der Waals surface area contributed by atoms with Crippen molar-refractivity contribution in [1.82, 2.24) is 0 Å². The Labute approximate surface area is 238 Å². The van der Waals surface area contributed by atoms with Crippen LogP contribution in [0, 0.1) is 0 Å². The molecule has 1 aliphatic heterocycles. The van der Waals surface area contributed by atoms with Gasteiger partial charge in [-0.3, -0.25) is 19.2 Å². The monoisotopic (exact) mass is 578 g/mol. The zero-order valence-electron chi connectivity index (χ0n) is 23.3. The molecule has 1 aliphatic rings. The molecule has 0 amide bonds.